The molecule has 2 aromatic carbocycles. The first-order valence-electron chi connectivity index (χ1n) is 11.3. The minimum absolute atomic E-state index is 0.0755. The molecule has 2 saturated heterocycles. The number of halogens is 1. The molecule has 1 atom stereocenters. The third-order valence-electron chi connectivity index (χ3n) is 6.98. The van der Waals surface area contributed by atoms with Gasteiger partial charge in [0.1, 0.15) is 5.82 Å². The number of amides is 1. The van der Waals surface area contributed by atoms with E-state index in [1.54, 1.807) is 12.1 Å². The fourth-order valence-corrected chi connectivity index (χ4v) is 5.44. The second-order valence-corrected chi connectivity index (χ2v) is 10.9. The molecule has 172 valence electrons. The van der Waals surface area contributed by atoms with Gasteiger partial charge in [-0.3, -0.25) is 4.79 Å². The minimum Gasteiger partial charge on any atom is -0.399 e. The van der Waals surface area contributed by atoms with Crippen molar-refractivity contribution in [3.05, 3.63) is 60.0 Å². The molecule has 0 radical (unpaired) electrons. The Bertz CT molecular complexity index is 1190. The van der Waals surface area contributed by atoms with E-state index in [0.717, 1.165) is 40.0 Å². The SMILES string of the molecule is CC1(C)OB(c2cn(-c3ccc(F)cc3)c3cc(C(=O)NC4CCSC4)ccc23)OC1(C)C. The van der Waals surface area contributed by atoms with Crippen molar-refractivity contribution in [3.8, 4) is 5.69 Å². The van der Waals surface area contributed by atoms with Crippen LogP contribution in [0.1, 0.15) is 44.5 Å². The van der Waals surface area contributed by atoms with Crippen LogP contribution in [0.5, 0.6) is 0 Å². The highest BCUT2D eigenvalue weighted by Crippen LogP contribution is 2.37. The number of carbonyl (C=O) groups is 1. The number of carbonyl (C=O) groups excluding carboxylic acids is 1. The van der Waals surface area contributed by atoms with Crippen LogP contribution in [0.2, 0.25) is 0 Å². The van der Waals surface area contributed by atoms with Crippen LogP contribution in [0.15, 0.2) is 48.7 Å². The molecule has 2 aliphatic rings. The zero-order valence-electron chi connectivity index (χ0n) is 19.4. The van der Waals surface area contributed by atoms with Crippen LogP contribution in [-0.4, -0.2) is 46.3 Å². The Balaban J connectivity index is 1.58. The van der Waals surface area contributed by atoms with Crippen molar-refractivity contribution in [2.45, 2.75) is 51.4 Å². The molecule has 5 nitrogen and oxygen atoms in total. The van der Waals surface area contributed by atoms with Crippen LogP contribution >= 0.6 is 11.8 Å². The van der Waals surface area contributed by atoms with Gasteiger partial charge in [0, 0.05) is 34.7 Å². The smallest absolute Gasteiger partial charge is 0.399 e. The van der Waals surface area contributed by atoms with Gasteiger partial charge in [0.2, 0.25) is 0 Å². The van der Waals surface area contributed by atoms with Crippen LogP contribution in [-0.2, 0) is 9.31 Å². The molecule has 5 rings (SSSR count). The number of nitrogens with one attached hydrogen (secondary N) is 1. The van der Waals surface area contributed by atoms with Crippen molar-refractivity contribution in [2.75, 3.05) is 11.5 Å². The van der Waals surface area contributed by atoms with Crippen LogP contribution in [0.4, 0.5) is 4.39 Å². The number of benzene rings is 2. The fraction of sp³-hybridized carbons (Fsp3) is 0.400. The molecular formula is C25H28BFN2O3S. The molecule has 1 amide bonds. The van der Waals surface area contributed by atoms with Crippen LogP contribution in [0.25, 0.3) is 16.6 Å². The van der Waals surface area contributed by atoms with E-state index in [2.05, 4.69) is 5.32 Å². The molecule has 2 aliphatic heterocycles. The van der Waals surface area contributed by atoms with Crippen LogP contribution in [0.3, 0.4) is 0 Å². The van der Waals surface area contributed by atoms with Gasteiger partial charge in [0.05, 0.1) is 16.7 Å². The first-order chi connectivity index (χ1) is 15.6. The van der Waals surface area contributed by atoms with Gasteiger partial charge in [-0.05, 0) is 81.7 Å². The molecule has 0 spiro atoms. The van der Waals surface area contributed by atoms with Gasteiger partial charge >= 0.3 is 7.12 Å². The Kier molecular flexibility index (Phi) is 5.58. The number of fused-ring (bicyclic) bond motifs is 1. The van der Waals surface area contributed by atoms with Crippen LogP contribution in [0, 0.1) is 5.82 Å². The Morgan fingerprint density at radius 2 is 1.82 bits per heavy atom. The lowest BCUT2D eigenvalue weighted by atomic mass is 9.79. The summed E-state index contributed by atoms with van der Waals surface area (Å²) < 4.78 is 28.2. The first kappa shape index (κ1) is 22.5. The van der Waals surface area contributed by atoms with E-state index in [0.29, 0.717) is 5.56 Å². The average molecular weight is 466 g/mol. The lowest BCUT2D eigenvalue weighted by Crippen LogP contribution is -2.41. The largest absolute Gasteiger partial charge is 0.497 e. The molecular weight excluding hydrogens is 438 g/mol. The molecule has 0 aliphatic carbocycles. The third kappa shape index (κ3) is 4.09. The van der Waals surface area contributed by atoms with Crippen molar-refractivity contribution in [3.63, 3.8) is 0 Å². The fourth-order valence-electron chi connectivity index (χ4n) is 4.28. The van der Waals surface area contributed by atoms with E-state index in [4.69, 9.17) is 9.31 Å². The number of hydrogen-bond donors (Lipinski definition) is 1. The maximum absolute atomic E-state index is 13.6. The summed E-state index contributed by atoms with van der Waals surface area (Å²) in [5.41, 5.74) is 2.18. The first-order valence-corrected chi connectivity index (χ1v) is 12.5. The van der Waals surface area contributed by atoms with E-state index >= 15 is 0 Å². The summed E-state index contributed by atoms with van der Waals surface area (Å²) in [6.45, 7) is 8.09. The molecule has 1 N–H and O–H groups in total. The number of hydrogen-bond acceptors (Lipinski definition) is 4. The van der Waals surface area contributed by atoms with Crippen molar-refractivity contribution < 1.29 is 18.5 Å². The Morgan fingerprint density at radius 1 is 1.12 bits per heavy atom. The van der Waals surface area contributed by atoms with Crippen LogP contribution < -0.4 is 10.8 Å². The summed E-state index contributed by atoms with van der Waals surface area (Å²) in [4.78, 5) is 12.9. The lowest BCUT2D eigenvalue weighted by Gasteiger charge is -2.32. The summed E-state index contributed by atoms with van der Waals surface area (Å²) >= 11 is 1.86. The Hall–Kier alpha value is -2.29. The third-order valence-corrected chi connectivity index (χ3v) is 8.14. The number of rotatable bonds is 4. The molecule has 3 heterocycles. The summed E-state index contributed by atoms with van der Waals surface area (Å²) in [6.07, 6.45) is 2.96. The maximum atomic E-state index is 13.6. The van der Waals surface area contributed by atoms with Crippen molar-refractivity contribution in [1.29, 1.82) is 0 Å². The van der Waals surface area contributed by atoms with E-state index < -0.39 is 18.3 Å². The van der Waals surface area contributed by atoms with Gasteiger partial charge in [-0.2, -0.15) is 11.8 Å². The van der Waals surface area contributed by atoms with Crippen molar-refractivity contribution in [1.82, 2.24) is 9.88 Å². The Labute approximate surface area is 198 Å². The quantitative estimate of drug-likeness (QED) is 0.583. The molecule has 2 fully saturated rings. The number of nitrogens with zero attached hydrogens (tertiary/aromatic N) is 1. The highest BCUT2D eigenvalue weighted by atomic mass is 32.2. The second kappa shape index (κ2) is 8.18. The summed E-state index contributed by atoms with van der Waals surface area (Å²) in [5.74, 6) is 1.66. The molecule has 3 aromatic rings. The average Bonchev–Trinajstić information content (AvgIpc) is 3.45. The zero-order chi connectivity index (χ0) is 23.4. The van der Waals surface area contributed by atoms with Gasteiger partial charge in [-0.25, -0.2) is 4.39 Å². The van der Waals surface area contributed by atoms with Gasteiger partial charge in [0.25, 0.3) is 5.91 Å². The predicted octanol–water partition coefficient (Wildman–Crippen LogP) is 4.30. The maximum Gasteiger partial charge on any atom is 0.497 e. The van der Waals surface area contributed by atoms with Gasteiger partial charge < -0.3 is 19.2 Å². The van der Waals surface area contributed by atoms with E-state index in [1.165, 1.54) is 12.1 Å². The summed E-state index contributed by atoms with van der Waals surface area (Å²) in [7, 11) is -0.547. The molecule has 0 bridgehead atoms. The van der Waals surface area contributed by atoms with Gasteiger partial charge in [-0.15, -0.1) is 0 Å². The topological polar surface area (TPSA) is 52.5 Å². The predicted molar refractivity (Wildman–Crippen MR) is 132 cm³/mol. The molecule has 1 aromatic heterocycles. The zero-order valence-corrected chi connectivity index (χ0v) is 20.2. The standard InChI is InChI=1S/C25H28BFN2O3S/c1-24(2)25(3,4)32-26(31-24)21-14-29(19-8-6-17(27)7-9-19)22-13-16(5-10-20(21)22)23(30)28-18-11-12-33-15-18/h5-10,13-14,18H,11-12,15H2,1-4H3,(H,28,30). The normalized spacial score (nSPS) is 21.6. The Morgan fingerprint density at radius 3 is 2.45 bits per heavy atom. The summed E-state index contributed by atoms with van der Waals surface area (Å²) in [5, 5.41) is 4.08. The monoisotopic (exact) mass is 466 g/mol. The second-order valence-electron chi connectivity index (χ2n) is 9.79. The molecule has 1 unspecified atom stereocenters. The highest BCUT2D eigenvalue weighted by molar-refractivity contribution is 7.99. The van der Waals surface area contributed by atoms with E-state index in [-0.39, 0.29) is 17.8 Å². The summed E-state index contributed by atoms with van der Waals surface area (Å²) in [6, 6.07) is 12.2. The number of thioether (sulfide) groups is 1. The molecule has 8 heteroatoms. The molecule has 0 saturated carbocycles. The van der Waals surface area contributed by atoms with Crippen molar-refractivity contribution >= 4 is 41.2 Å². The highest BCUT2D eigenvalue weighted by Gasteiger charge is 2.52. The van der Waals surface area contributed by atoms with Gasteiger partial charge in [0.15, 0.2) is 0 Å². The van der Waals surface area contributed by atoms with Crippen molar-refractivity contribution in [2.24, 2.45) is 0 Å². The minimum atomic E-state index is -0.547. The van der Waals surface area contributed by atoms with Gasteiger partial charge in [-0.1, -0.05) is 6.07 Å². The van der Waals surface area contributed by atoms with E-state index in [1.807, 2.05) is 68.4 Å². The molecule has 33 heavy (non-hydrogen) atoms. The lowest BCUT2D eigenvalue weighted by molar-refractivity contribution is 0.00578. The van der Waals surface area contributed by atoms with E-state index in [9.17, 15) is 9.18 Å². The number of aromatic nitrogens is 1.